The number of methoxy groups -OCH3 is 1. The van der Waals surface area contributed by atoms with Crippen molar-refractivity contribution in [1.29, 1.82) is 0 Å². The topological polar surface area (TPSA) is 95.7 Å². The van der Waals surface area contributed by atoms with Crippen molar-refractivity contribution in [1.82, 2.24) is 0 Å². The van der Waals surface area contributed by atoms with E-state index >= 15 is 0 Å². The zero-order chi connectivity index (χ0) is 19.1. The fourth-order valence-corrected chi connectivity index (χ4v) is 2.34. The quantitative estimate of drug-likeness (QED) is 0.299. The smallest absolute Gasteiger partial charge is 0.306 e. The molecule has 8 heteroatoms. The lowest BCUT2D eigenvalue weighted by molar-refractivity contribution is -0.385. The van der Waals surface area contributed by atoms with E-state index in [0.717, 1.165) is 0 Å². The van der Waals surface area contributed by atoms with Gasteiger partial charge in [0.2, 0.25) is 0 Å². The van der Waals surface area contributed by atoms with Crippen LogP contribution in [0.4, 0.5) is 5.69 Å². The molecule has 0 aliphatic rings. The molecule has 0 N–H and O–H groups in total. The second-order valence-corrected chi connectivity index (χ2v) is 5.78. The molecule has 0 fully saturated rings. The Morgan fingerprint density at radius 3 is 2.42 bits per heavy atom. The van der Waals surface area contributed by atoms with Crippen LogP contribution in [0.2, 0.25) is 5.02 Å². The van der Waals surface area contributed by atoms with Crippen molar-refractivity contribution in [3.8, 4) is 5.75 Å². The van der Waals surface area contributed by atoms with Gasteiger partial charge in [-0.1, -0.05) is 11.6 Å². The molecule has 7 nitrogen and oxygen atoms in total. The van der Waals surface area contributed by atoms with Crippen molar-refractivity contribution in [2.24, 2.45) is 0 Å². The van der Waals surface area contributed by atoms with Crippen LogP contribution in [0.15, 0.2) is 42.5 Å². The van der Waals surface area contributed by atoms with E-state index in [0.29, 0.717) is 21.9 Å². The second kappa shape index (κ2) is 8.96. The number of hydrogen-bond acceptors (Lipinski definition) is 6. The Morgan fingerprint density at radius 2 is 1.81 bits per heavy atom. The molecule has 0 radical (unpaired) electrons. The molecule has 0 aliphatic heterocycles. The molecule has 2 aromatic carbocycles. The molecule has 2 rings (SSSR count). The predicted molar refractivity (Wildman–Crippen MR) is 94.5 cm³/mol. The van der Waals surface area contributed by atoms with E-state index in [-0.39, 0.29) is 30.9 Å². The van der Waals surface area contributed by atoms with Crippen molar-refractivity contribution in [2.75, 3.05) is 7.11 Å². The number of esters is 1. The highest BCUT2D eigenvalue weighted by atomic mass is 35.5. The molecule has 0 spiro atoms. The number of ketones is 1. The number of benzene rings is 2. The summed E-state index contributed by atoms with van der Waals surface area (Å²) >= 11 is 5.76. The Bertz CT molecular complexity index is 819. The zero-order valence-corrected chi connectivity index (χ0v) is 14.7. The van der Waals surface area contributed by atoms with Crippen LogP contribution < -0.4 is 4.74 Å². The van der Waals surface area contributed by atoms with E-state index in [1.165, 1.54) is 25.3 Å². The van der Waals surface area contributed by atoms with Gasteiger partial charge in [0, 0.05) is 34.7 Å². The first kappa shape index (κ1) is 19.4. The van der Waals surface area contributed by atoms with Crippen LogP contribution in [0.5, 0.6) is 5.75 Å². The third-order valence-electron chi connectivity index (χ3n) is 3.59. The number of non-ortho nitro benzene ring substituents is 1. The number of nitrogens with zero attached hydrogens (tertiary/aromatic N) is 1. The average molecular weight is 378 g/mol. The molecule has 0 unspecified atom stereocenters. The standard InChI is InChI=1S/C18H16ClNO6/c1-25-17-8-6-15(20(23)24)10-13(17)11-26-18(22)9-7-16(21)12-2-4-14(19)5-3-12/h2-6,8,10H,7,9,11H2,1H3. The Hall–Kier alpha value is -2.93. The number of halogens is 1. The van der Waals surface area contributed by atoms with Crippen LogP contribution in [0.3, 0.4) is 0 Å². The molecule has 2 aromatic rings. The van der Waals surface area contributed by atoms with E-state index < -0.39 is 10.9 Å². The van der Waals surface area contributed by atoms with Gasteiger partial charge in [0.15, 0.2) is 5.78 Å². The normalized spacial score (nSPS) is 10.2. The van der Waals surface area contributed by atoms with E-state index in [4.69, 9.17) is 21.1 Å². The first-order chi connectivity index (χ1) is 12.4. The van der Waals surface area contributed by atoms with Gasteiger partial charge in [-0.05, 0) is 30.3 Å². The lowest BCUT2D eigenvalue weighted by atomic mass is 10.1. The number of nitro benzene ring substituents is 1. The summed E-state index contributed by atoms with van der Waals surface area (Å²) < 4.78 is 10.2. The van der Waals surface area contributed by atoms with Crippen LogP contribution in [0, 0.1) is 10.1 Å². The van der Waals surface area contributed by atoms with Crippen molar-refractivity contribution < 1.29 is 24.0 Å². The highest BCUT2D eigenvalue weighted by molar-refractivity contribution is 6.30. The van der Waals surface area contributed by atoms with E-state index in [2.05, 4.69) is 0 Å². The first-order valence-corrected chi connectivity index (χ1v) is 8.04. The molecule has 0 atom stereocenters. The Balaban J connectivity index is 1.90. The number of nitro groups is 1. The number of ether oxygens (including phenoxy) is 2. The van der Waals surface area contributed by atoms with Crippen molar-refractivity contribution in [3.63, 3.8) is 0 Å². The van der Waals surface area contributed by atoms with Gasteiger partial charge in [-0.25, -0.2) is 0 Å². The minimum atomic E-state index is -0.583. The lowest BCUT2D eigenvalue weighted by Gasteiger charge is -2.09. The Labute approximate surface area is 154 Å². The molecular formula is C18H16ClNO6. The molecule has 136 valence electrons. The maximum atomic E-state index is 12.0. The van der Waals surface area contributed by atoms with Gasteiger partial charge in [-0.3, -0.25) is 19.7 Å². The average Bonchev–Trinajstić information content (AvgIpc) is 2.64. The molecule has 0 aromatic heterocycles. The summed E-state index contributed by atoms with van der Waals surface area (Å²) in [7, 11) is 1.41. The van der Waals surface area contributed by atoms with Crippen LogP contribution in [-0.4, -0.2) is 23.8 Å². The fourth-order valence-electron chi connectivity index (χ4n) is 2.22. The highest BCUT2D eigenvalue weighted by Crippen LogP contribution is 2.24. The maximum absolute atomic E-state index is 12.0. The SMILES string of the molecule is COc1ccc([N+](=O)[O-])cc1COC(=O)CCC(=O)c1ccc(Cl)cc1. The minimum Gasteiger partial charge on any atom is -0.496 e. The Kier molecular flexibility index (Phi) is 6.68. The van der Waals surface area contributed by atoms with Gasteiger partial charge >= 0.3 is 5.97 Å². The molecule has 0 aliphatic carbocycles. The van der Waals surface area contributed by atoms with Crippen LogP contribution in [0.1, 0.15) is 28.8 Å². The summed E-state index contributed by atoms with van der Waals surface area (Å²) in [5.74, 6) is -0.409. The van der Waals surface area contributed by atoms with Crippen molar-refractivity contribution in [2.45, 2.75) is 19.4 Å². The van der Waals surface area contributed by atoms with Crippen LogP contribution >= 0.6 is 11.6 Å². The Morgan fingerprint density at radius 1 is 1.12 bits per heavy atom. The van der Waals surface area contributed by atoms with Gasteiger partial charge in [0.1, 0.15) is 12.4 Å². The maximum Gasteiger partial charge on any atom is 0.306 e. The molecule has 0 saturated heterocycles. The molecule has 0 bridgehead atoms. The fraction of sp³-hybridized carbons (Fsp3) is 0.222. The first-order valence-electron chi connectivity index (χ1n) is 7.66. The monoisotopic (exact) mass is 377 g/mol. The van der Waals surface area contributed by atoms with Gasteiger partial charge in [-0.15, -0.1) is 0 Å². The van der Waals surface area contributed by atoms with E-state index in [9.17, 15) is 19.7 Å². The largest absolute Gasteiger partial charge is 0.496 e. The predicted octanol–water partition coefficient (Wildman–Crippen LogP) is 3.96. The minimum absolute atomic E-state index is 0.00740. The highest BCUT2D eigenvalue weighted by Gasteiger charge is 2.14. The summed E-state index contributed by atoms with van der Waals surface area (Å²) in [5.41, 5.74) is 0.705. The van der Waals surface area contributed by atoms with Crippen molar-refractivity contribution >= 4 is 29.0 Å². The van der Waals surface area contributed by atoms with Gasteiger partial charge in [0.25, 0.3) is 5.69 Å². The third-order valence-corrected chi connectivity index (χ3v) is 3.84. The number of rotatable bonds is 8. The van der Waals surface area contributed by atoms with E-state index in [1.807, 2.05) is 0 Å². The molecule has 0 saturated carbocycles. The summed E-state index contributed by atoms with van der Waals surface area (Å²) in [6, 6.07) is 10.4. The summed E-state index contributed by atoms with van der Waals surface area (Å²) in [5, 5.41) is 11.4. The number of carbonyl (C=O) groups is 2. The summed E-state index contributed by atoms with van der Waals surface area (Å²) in [6.45, 7) is -0.182. The number of hydrogen-bond donors (Lipinski definition) is 0. The van der Waals surface area contributed by atoms with Gasteiger partial charge in [-0.2, -0.15) is 0 Å². The van der Waals surface area contributed by atoms with Crippen LogP contribution in [0.25, 0.3) is 0 Å². The van der Waals surface area contributed by atoms with E-state index in [1.54, 1.807) is 24.3 Å². The molecule has 26 heavy (non-hydrogen) atoms. The van der Waals surface area contributed by atoms with Crippen molar-refractivity contribution in [3.05, 3.63) is 68.7 Å². The molecule has 0 amide bonds. The zero-order valence-electron chi connectivity index (χ0n) is 13.9. The number of carbonyl (C=O) groups excluding carboxylic acids is 2. The molecule has 0 heterocycles. The van der Waals surface area contributed by atoms with Gasteiger partial charge < -0.3 is 9.47 Å². The summed E-state index contributed by atoms with van der Waals surface area (Å²) in [4.78, 5) is 34.2. The summed E-state index contributed by atoms with van der Waals surface area (Å²) in [6.07, 6.45) is -0.106. The number of Topliss-reactive ketones (excluding diaryl/α,β-unsaturated/α-hetero) is 1. The van der Waals surface area contributed by atoms with Crippen LogP contribution in [-0.2, 0) is 16.1 Å². The third kappa shape index (κ3) is 5.29. The lowest BCUT2D eigenvalue weighted by Crippen LogP contribution is -2.09. The van der Waals surface area contributed by atoms with Gasteiger partial charge in [0.05, 0.1) is 18.5 Å². The molecular weight excluding hydrogens is 362 g/mol. The second-order valence-electron chi connectivity index (χ2n) is 5.34.